The van der Waals surface area contributed by atoms with Crippen molar-refractivity contribution in [2.45, 2.75) is 32.9 Å². The van der Waals surface area contributed by atoms with Crippen LogP contribution in [0, 0.1) is 12.8 Å². The summed E-state index contributed by atoms with van der Waals surface area (Å²) in [5.74, 6) is 1.29. The number of carbonyl (C=O) groups excluding carboxylic acids is 1. The molecule has 1 N–H and O–H groups in total. The molecule has 0 aliphatic heterocycles. The molecule has 1 fully saturated rings. The van der Waals surface area contributed by atoms with E-state index in [2.05, 4.69) is 47.1 Å². The first-order chi connectivity index (χ1) is 11.7. The van der Waals surface area contributed by atoms with Gasteiger partial charge in [-0.2, -0.15) is 0 Å². The second kappa shape index (κ2) is 6.11. The third kappa shape index (κ3) is 3.04. The zero-order valence-electron chi connectivity index (χ0n) is 13.8. The zero-order valence-corrected chi connectivity index (χ0v) is 13.8. The third-order valence-electron chi connectivity index (χ3n) is 4.56. The first-order valence-corrected chi connectivity index (χ1v) is 8.48. The highest BCUT2D eigenvalue weighted by atomic mass is 16.2. The minimum Gasteiger partial charge on any atom is -0.349 e. The summed E-state index contributed by atoms with van der Waals surface area (Å²) in [6, 6.07) is 16.7. The number of aromatic nitrogens is 2. The fourth-order valence-electron chi connectivity index (χ4n) is 2.97. The van der Waals surface area contributed by atoms with E-state index in [9.17, 15) is 4.79 Å². The van der Waals surface area contributed by atoms with Gasteiger partial charge in [0, 0.05) is 12.5 Å². The lowest BCUT2D eigenvalue weighted by molar-refractivity contribution is -0.122. The Morgan fingerprint density at radius 3 is 2.67 bits per heavy atom. The molecular formula is C20H21N3O. The van der Waals surface area contributed by atoms with Gasteiger partial charge in [-0.15, -0.1) is 0 Å². The molecular weight excluding hydrogens is 298 g/mol. The van der Waals surface area contributed by atoms with E-state index in [4.69, 9.17) is 4.98 Å². The highest BCUT2D eigenvalue weighted by molar-refractivity contribution is 5.81. The van der Waals surface area contributed by atoms with Gasteiger partial charge in [-0.25, -0.2) is 4.98 Å². The topological polar surface area (TPSA) is 46.9 Å². The van der Waals surface area contributed by atoms with Gasteiger partial charge >= 0.3 is 0 Å². The normalized spacial score (nSPS) is 14.0. The van der Waals surface area contributed by atoms with Crippen molar-refractivity contribution >= 4 is 16.9 Å². The summed E-state index contributed by atoms with van der Waals surface area (Å²) in [6.45, 7) is 3.33. The number of hydrogen-bond acceptors (Lipinski definition) is 2. The first-order valence-electron chi connectivity index (χ1n) is 8.48. The van der Waals surface area contributed by atoms with Gasteiger partial charge in [-0.3, -0.25) is 4.79 Å². The Labute approximate surface area is 141 Å². The van der Waals surface area contributed by atoms with E-state index >= 15 is 0 Å². The first kappa shape index (κ1) is 14.9. The molecule has 2 aromatic carbocycles. The number of nitrogens with one attached hydrogen (secondary N) is 1. The van der Waals surface area contributed by atoms with Crippen LogP contribution in [0.1, 0.15) is 29.8 Å². The number of carbonyl (C=O) groups is 1. The maximum atomic E-state index is 12.0. The molecule has 0 saturated heterocycles. The largest absolute Gasteiger partial charge is 0.349 e. The Hall–Kier alpha value is -2.62. The summed E-state index contributed by atoms with van der Waals surface area (Å²) in [5, 5.41) is 3.03. The predicted molar refractivity (Wildman–Crippen MR) is 94.6 cm³/mol. The number of fused-ring (bicyclic) bond motifs is 1. The van der Waals surface area contributed by atoms with Crippen molar-refractivity contribution < 1.29 is 4.79 Å². The Kier molecular flexibility index (Phi) is 3.81. The van der Waals surface area contributed by atoms with E-state index in [1.54, 1.807) is 0 Å². The quantitative estimate of drug-likeness (QED) is 0.783. The van der Waals surface area contributed by atoms with Gasteiger partial charge in [0.15, 0.2) is 0 Å². The Balaban J connectivity index is 1.64. The fraction of sp³-hybridized carbons (Fsp3) is 0.300. The van der Waals surface area contributed by atoms with E-state index in [1.807, 2.05) is 18.2 Å². The lowest BCUT2D eigenvalue weighted by Gasteiger charge is -2.10. The van der Waals surface area contributed by atoms with Crippen LogP contribution in [0.2, 0.25) is 0 Å². The predicted octanol–water partition coefficient (Wildman–Crippen LogP) is 3.42. The van der Waals surface area contributed by atoms with Crippen LogP contribution < -0.4 is 5.32 Å². The highest BCUT2D eigenvalue weighted by Crippen LogP contribution is 2.29. The molecule has 1 saturated carbocycles. The van der Waals surface area contributed by atoms with E-state index in [0.29, 0.717) is 6.54 Å². The van der Waals surface area contributed by atoms with Crippen molar-refractivity contribution in [2.24, 2.45) is 5.92 Å². The van der Waals surface area contributed by atoms with Crippen LogP contribution in [0.5, 0.6) is 0 Å². The lowest BCUT2D eigenvalue weighted by Crippen LogP contribution is -2.26. The van der Waals surface area contributed by atoms with E-state index in [1.165, 1.54) is 11.1 Å². The summed E-state index contributed by atoms with van der Waals surface area (Å²) in [7, 11) is 0. The van der Waals surface area contributed by atoms with Crippen LogP contribution in [0.25, 0.3) is 11.0 Å². The standard InChI is InChI=1S/C20H21N3O/c1-14-6-8-15(9-7-14)13-23-18-5-3-2-4-17(18)22-19(23)12-21-20(24)16-10-11-16/h2-9,16H,10-13H2,1H3,(H,21,24). The van der Waals surface area contributed by atoms with Gasteiger partial charge in [0.1, 0.15) is 5.82 Å². The molecule has 1 aliphatic rings. The Morgan fingerprint density at radius 2 is 1.92 bits per heavy atom. The molecule has 1 amide bonds. The summed E-state index contributed by atoms with van der Waals surface area (Å²) >= 11 is 0. The molecule has 4 heteroatoms. The average molecular weight is 319 g/mol. The maximum Gasteiger partial charge on any atom is 0.223 e. The number of nitrogens with zero attached hydrogens (tertiary/aromatic N) is 2. The van der Waals surface area contributed by atoms with E-state index in [-0.39, 0.29) is 11.8 Å². The maximum absolute atomic E-state index is 12.0. The summed E-state index contributed by atoms with van der Waals surface area (Å²) < 4.78 is 2.20. The molecule has 4 nitrogen and oxygen atoms in total. The monoisotopic (exact) mass is 319 g/mol. The van der Waals surface area contributed by atoms with Crippen LogP contribution >= 0.6 is 0 Å². The lowest BCUT2D eigenvalue weighted by atomic mass is 10.1. The zero-order chi connectivity index (χ0) is 16.5. The number of imidazole rings is 1. The van der Waals surface area contributed by atoms with E-state index < -0.39 is 0 Å². The van der Waals surface area contributed by atoms with Gasteiger partial charge < -0.3 is 9.88 Å². The molecule has 4 rings (SSSR count). The van der Waals surface area contributed by atoms with Gasteiger partial charge in [0.2, 0.25) is 5.91 Å². The van der Waals surface area contributed by atoms with Crippen molar-refractivity contribution in [2.75, 3.05) is 0 Å². The number of benzene rings is 2. The number of rotatable bonds is 5. The molecule has 0 spiro atoms. The number of aryl methyl sites for hydroxylation is 1. The van der Waals surface area contributed by atoms with Crippen LogP contribution in [0.15, 0.2) is 48.5 Å². The molecule has 1 aromatic heterocycles. The van der Waals surface area contributed by atoms with Crippen molar-refractivity contribution in [3.8, 4) is 0 Å². The van der Waals surface area contributed by atoms with Gasteiger partial charge in [-0.1, -0.05) is 42.0 Å². The molecule has 3 aromatic rings. The van der Waals surface area contributed by atoms with Crippen molar-refractivity contribution in [1.82, 2.24) is 14.9 Å². The second-order valence-electron chi connectivity index (χ2n) is 6.58. The van der Waals surface area contributed by atoms with Crippen LogP contribution in [0.3, 0.4) is 0 Å². The van der Waals surface area contributed by atoms with Crippen LogP contribution in [-0.2, 0) is 17.9 Å². The molecule has 122 valence electrons. The molecule has 1 aliphatic carbocycles. The van der Waals surface area contributed by atoms with Crippen molar-refractivity contribution in [3.63, 3.8) is 0 Å². The Morgan fingerprint density at radius 1 is 1.17 bits per heavy atom. The summed E-state index contributed by atoms with van der Waals surface area (Å²) in [5.41, 5.74) is 4.57. The van der Waals surface area contributed by atoms with Crippen molar-refractivity contribution in [1.29, 1.82) is 0 Å². The second-order valence-corrected chi connectivity index (χ2v) is 6.58. The van der Waals surface area contributed by atoms with E-state index in [0.717, 1.165) is 36.2 Å². The van der Waals surface area contributed by atoms with Gasteiger partial charge in [0.25, 0.3) is 0 Å². The van der Waals surface area contributed by atoms with Gasteiger partial charge in [-0.05, 0) is 37.5 Å². The molecule has 0 atom stereocenters. The summed E-state index contributed by atoms with van der Waals surface area (Å²) in [4.78, 5) is 16.7. The minimum atomic E-state index is 0.156. The molecule has 0 bridgehead atoms. The fourth-order valence-corrected chi connectivity index (χ4v) is 2.97. The van der Waals surface area contributed by atoms with Crippen molar-refractivity contribution in [3.05, 3.63) is 65.5 Å². The molecule has 24 heavy (non-hydrogen) atoms. The van der Waals surface area contributed by atoms with Crippen LogP contribution in [-0.4, -0.2) is 15.5 Å². The third-order valence-corrected chi connectivity index (χ3v) is 4.56. The number of amides is 1. The smallest absolute Gasteiger partial charge is 0.223 e. The summed E-state index contributed by atoms with van der Waals surface area (Å²) in [6.07, 6.45) is 2.04. The minimum absolute atomic E-state index is 0.156. The average Bonchev–Trinajstić information content (AvgIpc) is 3.39. The Bertz CT molecular complexity index is 876. The number of hydrogen-bond donors (Lipinski definition) is 1. The SMILES string of the molecule is Cc1ccc(Cn2c(CNC(=O)C3CC3)nc3ccccc32)cc1. The van der Waals surface area contributed by atoms with Gasteiger partial charge in [0.05, 0.1) is 17.6 Å². The molecule has 0 unspecified atom stereocenters. The molecule has 1 heterocycles. The van der Waals surface area contributed by atoms with Crippen LogP contribution in [0.4, 0.5) is 0 Å². The number of para-hydroxylation sites is 2. The highest BCUT2D eigenvalue weighted by Gasteiger charge is 2.29. The molecule has 0 radical (unpaired) electrons.